The van der Waals surface area contributed by atoms with Crippen molar-refractivity contribution in [1.29, 1.82) is 0 Å². The lowest BCUT2D eigenvalue weighted by molar-refractivity contribution is -0.269. The highest BCUT2D eigenvalue weighted by atomic mass is 35.5. The molecule has 2 aliphatic heterocycles. The number of halogens is 1. The first kappa shape index (κ1) is 28.6. The van der Waals surface area contributed by atoms with Gasteiger partial charge in [-0.05, 0) is 81.9 Å². The van der Waals surface area contributed by atoms with Crippen molar-refractivity contribution in [2.24, 2.45) is 22.7 Å². The predicted octanol–water partition coefficient (Wildman–Crippen LogP) is 6.06. The third-order valence-corrected chi connectivity index (χ3v) is 12.2. The zero-order valence-corrected chi connectivity index (χ0v) is 25.9. The molecule has 1 spiro atoms. The Morgan fingerprint density at radius 3 is 2.58 bits per heavy atom. The van der Waals surface area contributed by atoms with Gasteiger partial charge < -0.3 is 24.1 Å². The summed E-state index contributed by atoms with van der Waals surface area (Å²) in [5.74, 6) is 1.60. The first-order valence-electron chi connectivity index (χ1n) is 15.1. The molecular weight excluding hydrogens is 530 g/mol. The van der Waals surface area contributed by atoms with E-state index in [0.717, 1.165) is 44.7 Å². The highest BCUT2D eigenvalue weighted by Crippen LogP contribution is 2.75. The van der Waals surface area contributed by atoms with E-state index in [-0.39, 0.29) is 34.3 Å². The van der Waals surface area contributed by atoms with Crippen LogP contribution in [0.15, 0.2) is 12.1 Å². The Kier molecular flexibility index (Phi) is 6.59. The molecule has 8 heteroatoms. The largest absolute Gasteiger partial charge is 0.515 e. The lowest BCUT2D eigenvalue weighted by Crippen LogP contribution is -2.80. The molecule has 6 rings (SSSR count). The summed E-state index contributed by atoms with van der Waals surface area (Å²) in [5, 5.41) is 12.3. The van der Waals surface area contributed by atoms with E-state index < -0.39 is 17.4 Å². The van der Waals surface area contributed by atoms with Crippen LogP contribution in [0.25, 0.3) is 0 Å². The number of carbonyl (C=O) groups excluding carboxylic acids is 1. The van der Waals surface area contributed by atoms with Gasteiger partial charge in [0.25, 0.3) is 0 Å². The zero-order valence-electron chi connectivity index (χ0n) is 25.1. The number of carbonyl (C=O) groups is 1. The molecule has 0 amide bonds. The fourth-order valence-corrected chi connectivity index (χ4v) is 9.69. The number of nitrogens with zero attached hydrogens (tertiary/aromatic N) is 1. The van der Waals surface area contributed by atoms with Crippen molar-refractivity contribution in [1.82, 2.24) is 4.90 Å². The van der Waals surface area contributed by atoms with Crippen LogP contribution < -0.4 is 9.47 Å². The van der Waals surface area contributed by atoms with Crippen molar-refractivity contribution < 1.29 is 28.8 Å². The van der Waals surface area contributed by atoms with E-state index in [0.29, 0.717) is 17.5 Å². The van der Waals surface area contributed by atoms with E-state index in [2.05, 4.69) is 45.6 Å². The van der Waals surface area contributed by atoms with E-state index in [1.54, 1.807) is 7.11 Å². The monoisotopic (exact) mass is 575 g/mol. The van der Waals surface area contributed by atoms with Gasteiger partial charge in [-0.15, -0.1) is 0 Å². The van der Waals surface area contributed by atoms with Crippen molar-refractivity contribution in [3.05, 3.63) is 23.3 Å². The van der Waals surface area contributed by atoms with Crippen molar-refractivity contribution in [2.75, 3.05) is 26.3 Å². The molecule has 5 aliphatic rings. The number of piperidine rings is 1. The summed E-state index contributed by atoms with van der Waals surface area (Å²) in [5.41, 5.74) is -0.252. The molecule has 0 radical (unpaired) electrons. The van der Waals surface area contributed by atoms with Crippen LogP contribution >= 0.6 is 11.6 Å². The van der Waals surface area contributed by atoms with Gasteiger partial charge in [0.2, 0.25) is 0 Å². The first-order chi connectivity index (χ1) is 18.8. The highest BCUT2D eigenvalue weighted by Gasteiger charge is 2.80. The molecule has 1 saturated heterocycles. The topological polar surface area (TPSA) is 77.5 Å². The highest BCUT2D eigenvalue weighted by molar-refractivity contribution is 6.17. The molecule has 2 heterocycles. The smallest absolute Gasteiger partial charge is 0.480 e. The Hall–Kier alpha value is -1.54. The summed E-state index contributed by atoms with van der Waals surface area (Å²) in [6.45, 7) is 15.0. The van der Waals surface area contributed by atoms with Gasteiger partial charge in [0.05, 0.1) is 5.60 Å². The van der Waals surface area contributed by atoms with Gasteiger partial charge in [-0.2, -0.15) is 0 Å². The summed E-state index contributed by atoms with van der Waals surface area (Å²) in [4.78, 5) is 15.2. The third-order valence-electron chi connectivity index (χ3n) is 12.1. The van der Waals surface area contributed by atoms with Crippen LogP contribution in [0.4, 0.5) is 4.79 Å². The number of alkyl halides is 1. The van der Waals surface area contributed by atoms with Gasteiger partial charge in [0.15, 0.2) is 17.6 Å². The van der Waals surface area contributed by atoms with E-state index in [4.69, 9.17) is 30.5 Å². The van der Waals surface area contributed by atoms with Gasteiger partial charge in [0, 0.05) is 42.0 Å². The van der Waals surface area contributed by atoms with Crippen LogP contribution in [-0.4, -0.2) is 65.8 Å². The molecule has 1 N–H and O–H groups in total. The number of ether oxygens (including phenoxy) is 4. The Bertz CT molecular complexity index is 1190. The van der Waals surface area contributed by atoms with Crippen molar-refractivity contribution in [2.45, 2.75) is 109 Å². The quantitative estimate of drug-likeness (QED) is 0.241. The van der Waals surface area contributed by atoms with Crippen LogP contribution in [0, 0.1) is 22.7 Å². The second-order valence-electron chi connectivity index (χ2n) is 14.4. The standard InChI is InChI=1S/C32H46ClNO6/c1-8-31-16-21(29(5,36)28(2,3)4)26(37-7)30(6)32(31)13-14-34(17-19-9-10-19)23(31)15-20-11-12-22(25(40-30)24(20)32)39-27(35)38-18-33/h11-12,19,21,23,26,36H,8-10,13-18H2,1-7H3/t21-,23?,26+,29-,30+,31+,32-/m0/s1. The Morgan fingerprint density at radius 2 is 1.98 bits per heavy atom. The maximum absolute atomic E-state index is 12.4. The molecule has 40 heavy (non-hydrogen) atoms. The third kappa shape index (κ3) is 3.56. The van der Waals surface area contributed by atoms with Gasteiger partial charge in [-0.3, -0.25) is 4.90 Å². The molecule has 7 atom stereocenters. The van der Waals surface area contributed by atoms with E-state index in [1.807, 2.05) is 13.0 Å². The van der Waals surface area contributed by atoms with E-state index >= 15 is 0 Å². The Morgan fingerprint density at radius 1 is 1.25 bits per heavy atom. The second-order valence-corrected chi connectivity index (χ2v) is 14.6. The first-order valence-corrected chi connectivity index (χ1v) is 15.6. The number of hydrogen-bond acceptors (Lipinski definition) is 7. The molecule has 2 bridgehead atoms. The normalized spacial score (nSPS) is 37.8. The van der Waals surface area contributed by atoms with Crippen LogP contribution in [0.2, 0.25) is 0 Å². The van der Waals surface area contributed by atoms with Crippen LogP contribution in [-0.2, 0) is 21.3 Å². The van der Waals surface area contributed by atoms with Gasteiger partial charge >= 0.3 is 6.16 Å². The summed E-state index contributed by atoms with van der Waals surface area (Å²) in [6, 6.07) is 4.00. The minimum Gasteiger partial charge on any atom is -0.480 e. The average Bonchev–Trinajstić information content (AvgIpc) is 3.65. The number of aliphatic hydroxyl groups is 1. The maximum atomic E-state index is 12.4. The Labute approximate surface area is 243 Å². The molecule has 1 aromatic rings. The summed E-state index contributed by atoms with van der Waals surface area (Å²) in [6.07, 6.45) is 5.07. The molecule has 7 nitrogen and oxygen atoms in total. The SMILES string of the molecule is CC[C@]12C[C@H]([C@](C)(O)C(C)(C)C)[C@@H](OC)[C@@]3(C)Oc4c(OC(=O)OCCl)ccc5c4[C@]13CCN(CC1CC1)C2C5. The lowest BCUT2D eigenvalue weighted by Gasteiger charge is -2.72. The summed E-state index contributed by atoms with van der Waals surface area (Å²) < 4.78 is 24.2. The molecule has 3 fully saturated rings. The summed E-state index contributed by atoms with van der Waals surface area (Å²) in [7, 11) is 1.75. The van der Waals surface area contributed by atoms with E-state index in [9.17, 15) is 9.90 Å². The number of methoxy groups -OCH3 is 1. The molecule has 3 aliphatic carbocycles. The minimum absolute atomic E-state index is 0.155. The number of rotatable bonds is 7. The van der Waals surface area contributed by atoms with Crippen LogP contribution in [0.1, 0.15) is 84.8 Å². The fraction of sp³-hybridized carbons (Fsp3) is 0.781. The zero-order chi connectivity index (χ0) is 28.9. The van der Waals surface area contributed by atoms with Crippen molar-refractivity contribution in [3.8, 4) is 11.5 Å². The minimum atomic E-state index is -1.02. The molecule has 0 aromatic heterocycles. The van der Waals surface area contributed by atoms with Crippen LogP contribution in [0.3, 0.4) is 0 Å². The number of benzene rings is 1. The number of hydrogen-bond donors (Lipinski definition) is 1. The number of likely N-dealkylation sites (tertiary alicyclic amines) is 1. The van der Waals surface area contributed by atoms with Gasteiger partial charge in [-0.25, -0.2) is 4.79 Å². The average molecular weight is 576 g/mol. The second kappa shape index (κ2) is 9.23. The van der Waals surface area contributed by atoms with Crippen molar-refractivity contribution in [3.63, 3.8) is 0 Å². The predicted molar refractivity (Wildman–Crippen MR) is 153 cm³/mol. The molecular formula is C32H46ClNO6. The molecule has 2 saturated carbocycles. The van der Waals surface area contributed by atoms with Gasteiger partial charge in [-0.1, -0.05) is 45.4 Å². The summed E-state index contributed by atoms with van der Waals surface area (Å²) >= 11 is 5.65. The van der Waals surface area contributed by atoms with E-state index in [1.165, 1.54) is 24.0 Å². The molecule has 1 unspecified atom stereocenters. The maximum Gasteiger partial charge on any atom is 0.515 e. The van der Waals surface area contributed by atoms with Crippen LogP contribution in [0.5, 0.6) is 11.5 Å². The molecule has 222 valence electrons. The van der Waals surface area contributed by atoms with Gasteiger partial charge in [0.1, 0.15) is 11.7 Å². The lowest BCUT2D eigenvalue weighted by atomic mass is 9.36. The fourth-order valence-electron chi connectivity index (χ4n) is 9.60. The Balaban J connectivity index is 1.59. The molecule has 1 aromatic carbocycles. The van der Waals surface area contributed by atoms with Crippen molar-refractivity contribution >= 4 is 17.8 Å².